The Kier molecular flexibility index (Phi) is 4.51. The summed E-state index contributed by atoms with van der Waals surface area (Å²) in [6.07, 6.45) is 0. The summed E-state index contributed by atoms with van der Waals surface area (Å²) in [5.41, 5.74) is 2.81. The van der Waals surface area contributed by atoms with Crippen LogP contribution in [-0.4, -0.2) is 9.97 Å². The number of rotatable bonds is 4. The molecule has 0 spiro atoms. The van der Waals surface area contributed by atoms with E-state index in [2.05, 4.69) is 36.6 Å². The molecule has 0 fully saturated rings. The molecule has 0 radical (unpaired) electrons. The number of nitrogens with one attached hydrogen (secondary N) is 2. The summed E-state index contributed by atoms with van der Waals surface area (Å²) in [5, 5.41) is 2.93. The number of halogens is 2. The fourth-order valence-electron chi connectivity index (χ4n) is 1.59. The fraction of sp³-hybridized carbons (Fsp3) is 0.231. The van der Waals surface area contributed by atoms with Crippen LogP contribution in [-0.2, 0) is 0 Å². The van der Waals surface area contributed by atoms with Crippen LogP contribution < -0.4 is 16.6 Å². The van der Waals surface area contributed by atoms with E-state index in [1.54, 1.807) is 18.2 Å². The summed E-state index contributed by atoms with van der Waals surface area (Å²) in [5.74, 6) is 6.74. The highest BCUT2D eigenvalue weighted by Crippen LogP contribution is 2.24. The zero-order valence-corrected chi connectivity index (χ0v) is 12.7. The van der Waals surface area contributed by atoms with Gasteiger partial charge in [-0.25, -0.2) is 20.2 Å². The van der Waals surface area contributed by atoms with Gasteiger partial charge < -0.3 is 10.7 Å². The topological polar surface area (TPSA) is 75.9 Å². The molecule has 1 heterocycles. The molecule has 0 aliphatic rings. The molecule has 0 amide bonds. The molecular formula is C13H15BrFN5. The lowest BCUT2D eigenvalue weighted by Crippen LogP contribution is -2.12. The van der Waals surface area contributed by atoms with E-state index in [0.29, 0.717) is 23.1 Å². The van der Waals surface area contributed by atoms with Crippen LogP contribution in [0.5, 0.6) is 0 Å². The Hall–Kier alpha value is -1.73. The second kappa shape index (κ2) is 6.15. The summed E-state index contributed by atoms with van der Waals surface area (Å²) in [4.78, 5) is 8.59. The van der Waals surface area contributed by atoms with Gasteiger partial charge in [-0.3, -0.25) is 0 Å². The zero-order chi connectivity index (χ0) is 14.7. The first kappa shape index (κ1) is 14.7. The molecule has 0 unspecified atom stereocenters. The largest absolute Gasteiger partial charge is 0.338 e. The molecule has 20 heavy (non-hydrogen) atoms. The third-order valence-electron chi connectivity index (χ3n) is 2.60. The van der Waals surface area contributed by atoms with E-state index in [9.17, 15) is 4.39 Å². The number of nitrogens with two attached hydrogens (primary N) is 1. The van der Waals surface area contributed by atoms with Crippen molar-refractivity contribution in [3.63, 3.8) is 0 Å². The molecule has 0 saturated carbocycles. The van der Waals surface area contributed by atoms with Crippen molar-refractivity contribution in [3.05, 3.63) is 40.4 Å². The van der Waals surface area contributed by atoms with Crippen LogP contribution in [0.4, 0.5) is 21.7 Å². The van der Waals surface area contributed by atoms with Gasteiger partial charge >= 0.3 is 0 Å². The van der Waals surface area contributed by atoms with Crippen LogP contribution in [0.1, 0.15) is 25.6 Å². The minimum Gasteiger partial charge on any atom is -0.338 e. The Labute approximate surface area is 124 Å². The van der Waals surface area contributed by atoms with Gasteiger partial charge in [0.25, 0.3) is 0 Å². The fourth-order valence-corrected chi connectivity index (χ4v) is 1.95. The van der Waals surface area contributed by atoms with Gasteiger partial charge in [0, 0.05) is 16.5 Å². The van der Waals surface area contributed by atoms with Gasteiger partial charge in [-0.15, -0.1) is 0 Å². The Morgan fingerprint density at radius 1 is 1.20 bits per heavy atom. The quantitative estimate of drug-likeness (QED) is 0.586. The molecule has 2 rings (SSSR count). The minimum atomic E-state index is -0.361. The second-order valence-electron chi connectivity index (χ2n) is 4.54. The van der Waals surface area contributed by atoms with Crippen molar-refractivity contribution >= 4 is 33.3 Å². The highest BCUT2D eigenvalue weighted by Gasteiger charge is 2.10. The van der Waals surface area contributed by atoms with E-state index < -0.39 is 0 Å². The average molecular weight is 340 g/mol. The molecule has 5 nitrogen and oxygen atoms in total. The molecule has 7 heteroatoms. The van der Waals surface area contributed by atoms with Crippen LogP contribution >= 0.6 is 15.9 Å². The van der Waals surface area contributed by atoms with E-state index in [4.69, 9.17) is 5.84 Å². The summed E-state index contributed by atoms with van der Waals surface area (Å²) in [7, 11) is 0. The van der Waals surface area contributed by atoms with Crippen molar-refractivity contribution < 1.29 is 4.39 Å². The Morgan fingerprint density at radius 3 is 2.55 bits per heavy atom. The normalized spacial score (nSPS) is 10.7. The van der Waals surface area contributed by atoms with Crippen molar-refractivity contribution in [1.29, 1.82) is 0 Å². The lowest BCUT2D eigenvalue weighted by Gasteiger charge is -2.12. The molecule has 1 aromatic heterocycles. The molecule has 0 aliphatic carbocycles. The Bertz CT molecular complexity index is 618. The van der Waals surface area contributed by atoms with Crippen molar-refractivity contribution in [3.8, 4) is 0 Å². The average Bonchev–Trinajstić information content (AvgIpc) is 2.42. The van der Waals surface area contributed by atoms with Crippen LogP contribution in [0.2, 0.25) is 0 Å². The van der Waals surface area contributed by atoms with Gasteiger partial charge in [-0.2, -0.15) is 0 Å². The Morgan fingerprint density at radius 2 is 1.90 bits per heavy atom. The van der Waals surface area contributed by atoms with E-state index >= 15 is 0 Å². The monoisotopic (exact) mass is 339 g/mol. The van der Waals surface area contributed by atoms with Crippen LogP contribution in [0, 0.1) is 5.82 Å². The number of hydrogen-bond acceptors (Lipinski definition) is 5. The molecule has 4 N–H and O–H groups in total. The first-order chi connectivity index (χ1) is 9.49. The van der Waals surface area contributed by atoms with Crippen LogP contribution in [0.3, 0.4) is 0 Å². The first-order valence-corrected chi connectivity index (χ1v) is 6.86. The molecule has 0 atom stereocenters. The van der Waals surface area contributed by atoms with Gasteiger partial charge in [0.15, 0.2) is 0 Å². The zero-order valence-electron chi connectivity index (χ0n) is 11.1. The molecule has 0 aliphatic heterocycles. The maximum Gasteiger partial charge on any atom is 0.146 e. The van der Waals surface area contributed by atoms with E-state index in [1.807, 2.05) is 13.8 Å². The lowest BCUT2D eigenvalue weighted by atomic mass is 10.2. The number of anilines is 3. The van der Waals surface area contributed by atoms with Crippen molar-refractivity contribution in [1.82, 2.24) is 9.97 Å². The third-order valence-corrected chi connectivity index (χ3v) is 3.09. The summed E-state index contributed by atoms with van der Waals surface area (Å²) >= 11 is 3.30. The van der Waals surface area contributed by atoms with Crippen molar-refractivity contribution in [2.45, 2.75) is 19.8 Å². The third kappa shape index (κ3) is 3.43. The number of hydrazine groups is 1. The Balaban J connectivity index is 2.37. The highest BCUT2D eigenvalue weighted by molar-refractivity contribution is 9.10. The lowest BCUT2D eigenvalue weighted by molar-refractivity contribution is 0.631. The number of nitrogen functional groups attached to an aromatic ring is 1. The van der Waals surface area contributed by atoms with Gasteiger partial charge in [-0.05, 0) is 18.2 Å². The summed E-state index contributed by atoms with van der Waals surface area (Å²) < 4.78 is 14.5. The molecule has 1 aromatic carbocycles. The number of benzene rings is 1. The summed E-state index contributed by atoms with van der Waals surface area (Å²) in [6, 6.07) is 6.26. The predicted octanol–water partition coefficient (Wildman–Crippen LogP) is 3.53. The molecule has 0 saturated heterocycles. The number of nitrogens with zero attached hydrogens (tertiary/aromatic N) is 2. The van der Waals surface area contributed by atoms with Gasteiger partial charge in [-0.1, -0.05) is 29.8 Å². The second-order valence-corrected chi connectivity index (χ2v) is 5.46. The van der Waals surface area contributed by atoms with E-state index in [0.717, 1.165) is 4.47 Å². The van der Waals surface area contributed by atoms with Gasteiger partial charge in [0.05, 0.1) is 5.69 Å². The van der Waals surface area contributed by atoms with Crippen LogP contribution in [0.15, 0.2) is 28.7 Å². The van der Waals surface area contributed by atoms with E-state index in [-0.39, 0.29) is 11.7 Å². The molecule has 2 aromatic rings. The van der Waals surface area contributed by atoms with Gasteiger partial charge in [0.2, 0.25) is 0 Å². The predicted molar refractivity (Wildman–Crippen MR) is 81.3 cm³/mol. The molecular weight excluding hydrogens is 325 g/mol. The maximum atomic E-state index is 13.7. The molecule has 0 bridgehead atoms. The number of aromatic nitrogens is 2. The maximum absolute atomic E-state index is 13.7. The standard InChI is InChI=1S/C13H15BrFN5/c1-7(2)13-18-11(6-12(19-13)20-16)17-10-5-8(14)3-4-9(10)15/h3-7H,16H2,1-2H3,(H2,17,18,19,20). The SMILES string of the molecule is CC(C)c1nc(NN)cc(Nc2cc(Br)ccc2F)n1. The number of hydrogen-bond donors (Lipinski definition) is 3. The summed E-state index contributed by atoms with van der Waals surface area (Å²) in [6.45, 7) is 3.94. The highest BCUT2D eigenvalue weighted by atomic mass is 79.9. The van der Waals surface area contributed by atoms with Crippen LogP contribution in [0.25, 0.3) is 0 Å². The first-order valence-electron chi connectivity index (χ1n) is 6.07. The minimum absolute atomic E-state index is 0.135. The van der Waals surface area contributed by atoms with Crippen molar-refractivity contribution in [2.75, 3.05) is 10.7 Å². The molecule has 106 valence electrons. The van der Waals surface area contributed by atoms with Crippen molar-refractivity contribution in [2.24, 2.45) is 5.84 Å². The smallest absolute Gasteiger partial charge is 0.146 e. The van der Waals surface area contributed by atoms with Gasteiger partial charge in [0.1, 0.15) is 23.3 Å². The van der Waals surface area contributed by atoms with E-state index in [1.165, 1.54) is 6.07 Å².